The third-order valence-electron chi connectivity index (χ3n) is 2.01. The van der Waals surface area contributed by atoms with E-state index in [2.05, 4.69) is 10.3 Å². The van der Waals surface area contributed by atoms with Gasteiger partial charge in [-0.3, -0.25) is 10.1 Å². The zero-order valence-electron chi connectivity index (χ0n) is 9.60. The molecule has 17 heavy (non-hydrogen) atoms. The van der Waals surface area contributed by atoms with Crippen LogP contribution in [0.2, 0.25) is 0 Å². The summed E-state index contributed by atoms with van der Waals surface area (Å²) in [6.45, 7) is 4.29. The first kappa shape index (κ1) is 12.6. The van der Waals surface area contributed by atoms with Gasteiger partial charge >= 0.3 is 5.69 Å². The van der Waals surface area contributed by atoms with Crippen molar-refractivity contribution >= 4 is 11.5 Å². The van der Waals surface area contributed by atoms with E-state index in [1.165, 1.54) is 12.3 Å². The van der Waals surface area contributed by atoms with Crippen LogP contribution in [0.5, 0.6) is 0 Å². The van der Waals surface area contributed by atoms with Gasteiger partial charge in [0.25, 0.3) is 0 Å². The lowest BCUT2D eigenvalue weighted by atomic mass is 10.2. The fourth-order valence-electron chi connectivity index (χ4n) is 1.21. The van der Waals surface area contributed by atoms with Gasteiger partial charge < -0.3 is 5.32 Å². The van der Waals surface area contributed by atoms with Crippen molar-refractivity contribution in [1.29, 1.82) is 5.26 Å². The zero-order chi connectivity index (χ0) is 12.8. The average Bonchev–Trinajstić information content (AvgIpc) is 2.27. The fourth-order valence-corrected chi connectivity index (χ4v) is 1.21. The van der Waals surface area contributed by atoms with Crippen LogP contribution in [0.3, 0.4) is 0 Å². The number of nitrogens with one attached hydrogen (secondary N) is 1. The van der Waals surface area contributed by atoms with E-state index in [9.17, 15) is 10.1 Å². The molecule has 0 amide bonds. The van der Waals surface area contributed by atoms with E-state index in [0.29, 0.717) is 6.54 Å². The average molecular weight is 232 g/mol. The van der Waals surface area contributed by atoms with Gasteiger partial charge in [0.2, 0.25) is 5.82 Å². The lowest BCUT2D eigenvalue weighted by Crippen LogP contribution is -2.06. The van der Waals surface area contributed by atoms with Crippen LogP contribution < -0.4 is 5.32 Å². The number of nitrogens with zero attached hydrogens (tertiary/aromatic N) is 3. The quantitative estimate of drug-likeness (QED) is 0.488. The Morgan fingerprint density at radius 3 is 2.94 bits per heavy atom. The van der Waals surface area contributed by atoms with Crippen molar-refractivity contribution in [3.63, 3.8) is 0 Å². The molecule has 0 atom stereocenters. The molecule has 0 aliphatic rings. The summed E-state index contributed by atoms with van der Waals surface area (Å²) in [5.41, 5.74) is 0.818. The maximum Gasteiger partial charge on any atom is 0.328 e. The third kappa shape index (κ3) is 3.28. The molecule has 1 rings (SSSR count). The summed E-state index contributed by atoms with van der Waals surface area (Å²) in [5, 5.41) is 22.5. The van der Waals surface area contributed by atoms with Crippen LogP contribution >= 0.6 is 0 Å². The van der Waals surface area contributed by atoms with Gasteiger partial charge in [-0.1, -0.05) is 11.6 Å². The van der Waals surface area contributed by atoms with Crippen molar-refractivity contribution in [2.75, 3.05) is 11.9 Å². The molecule has 1 aromatic rings. The molecule has 88 valence electrons. The van der Waals surface area contributed by atoms with Crippen LogP contribution in [-0.4, -0.2) is 16.5 Å². The highest BCUT2D eigenvalue weighted by molar-refractivity contribution is 5.64. The molecule has 1 heterocycles. The molecule has 0 aliphatic heterocycles. The molecular weight excluding hydrogens is 220 g/mol. The standard InChI is InChI=1S/C11H12N4O2/c1-8(2)3-5-13-11-10(15(16)17)9(7-12)4-6-14-11/h3-4,6H,5H2,1-2H3,(H,13,14). The minimum absolute atomic E-state index is 0.00435. The SMILES string of the molecule is CC(C)=CCNc1nccc(C#N)c1[N+](=O)[O-]. The summed E-state index contributed by atoms with van der Waals surface area (Å²) in [5.74, 6) is 0.117. The van der Waals surface area contributed by atoms with E-state index in [-0.39, 0.29) is 17.1 Å². The van der Waals surface area contributed by atoms with E-state index in [0.717, 1.165) is 5.57 Å². The molecule has 1 aromatic heterocycles. The molecule has 0 bridgehead atoms. The molecule has 1 N–H and O–H groups in total. The van der Waals surface area contributed by atoms with Crippen molar-refractivity contribution in [2.45, 2.75) is 13.8 Å². The molecule has 0 radical (unpaired) electrons. The number of hydrogen-bond acceptors (Lipinski definition) is 5. The maximum absolute atomic E-state index is 10.9. The smallest absolute Gasteiger partial charge is 0.328 e. The lowest BCUT2D eigenvalue weighted by Gasteiger charge is -2.04. The van der Waals surface area contributed by atoms with Crippen molar-refractivity contribution in [3.05, 3.63) is 39.6 Å². The highest BCUT2D eigenvalue weighted by Crippen LogP contribution is 2.25. The van der Waals surface area contributed by atoms with Gasteiger partial charge in [0.1, 0.15) is 11.6 Å². The molecule has 0 saturated heterocycles. The lowest BCUT2D eigenvalue weighted by molar-refractivity contribution is -0.384. The number of hydrogen-bond donors (Lipinski definition) is 1. The Balaban J connectivity index is 3.03. The van der Waals surface area contributed by atoms with E-state index >= 15 is 0 Å². The highest BCUT2D eigenvalue weighted by Gasteiger charge is 2.20. The van der Waals surface area contributed by atoms with Crippen LogP contribution in [0.4, 0.5) is 11.5 Å². The van der Waals surface area contributed by atoms with Gasteiger partial charge in [0, 0.05) is 12.7 Å². The molecule has 0 unspecified atom stereocenters. The Hall–Kier alpha value is -2.42. The normalized spacial score (nSPS) is 9.24. The number of rotatable bonds is 4. The third-order valence-corrected chi connectivity index (χ3v) is 2.01. The molecule has 0 spiro atoms. The van der Waals surface area contributed by atoms with Gasteiger partial charge in [0.15, 0.2) is 0 Å². The minimum Gasteiger partial charge on any atom is -0.361 e. The van der Waals surface area contributed by atoms with Gasteiger partial charge in [-0.15, -0.1) is 0 Å². The first-order chi connectivity index (χ1) is 8.06. The molecule has 0 saturated carbocycles. The zero-order valence-corrected chi connectivity index (χ0v) is 9.60. The molecule has 0 aromatic carbocycles. The predicted octanol–water partition coefficient (Wildman–Crippen LogP) is 2.24. The van der Waals surface area contributed by atoms with Crippen molar-refractivity contribution in [2.24, 2.45) is 0 Å². The number of anilines is 1. The first-order valence-corrected chi connectivity index (χ1v) is 4.97. The minimum atomic E-state index is -0.601. The van der Waals surface area contributed by atoms with Crippen LogP contribution in [0, 0.1) is 21.4 Å². The maximum atomic E-state index is 10.9. The van der Waals surface area contributed by atoms with E-state index in [1.54, 1.807) is 6.07 Å². The van der Waals surface area contributed by atoms with E-state index in [1.807, 2.05) is 19.9 Å². The first-order valence-electron chi connectivity index (χ1n) is 4.97. The van der Waals surface area contributed by atoms with Crippen molar-refractivity contribution in [3.8, 4) is 6.07 Å². The van der Waals surface area contributed by atoms with Crippen LogP contribution in [0.1, 0.15) is 19.4 Å². The molecule has 6 nitrogen and oxygen atoms in total. The Morgan fingerprint density at radius 1 is 1.71 bits per heavy atom. The van der Waals surface area contributed by atoms with Gasteiger partial charge in [0.05, 0.1) is 4.92 Å². The summed E-state index contributed by atoms with van der Waals surface area (Å²) in [6.07, 6.45) is 3.25. The predicted molar refractivity (Wildman–Crippen MR) is 63.5 cm³/mol. The Labute approximate surface area is 98.7 Å². The van der Waals surface area contributed by atoms with Crippen LogP contribution in [-0.2, 0) is 0 Å². The summed E-state index contributed by atoms with van der Waals surface area (Å²) in [4.78, 5) is 14.1. The number of nitriles is 1. The molecule has 0 aliphatic carbocycles. The number of pyridine rings is 1. The Bertz CT molecular complexity index is 499. The summed E-state index contributed by atoms with van der Waals surface area (Å²) in [7, 11) is 0. The highest BCUT2D eigenvalue weighted by atomic mass is 16.6. The van der Waals surface area contributed by atoms with Crippen molar-refractivity contribution < 1.29 is 4.92 Å². The Kier molecular flexibility index (Phi) is 4.17. The van der Waals surface area contributed by atoms with E-state index in [4.69, 9.17) is 5.26 Å². The summed E-state index contributed by atoms with van der Waals surface area (Å²) < 4.78 is 0. The van der Waals surface area contributed by atoms with E-state index < -0.39 is 4.92 Å². The van der Waals surface area contributed by atoms with Gasteiger partial charge in [-0.05, 0) is 19.9 Å². The Morgan fingerprint density at radius 2 is 2.41 bits per heavy atom. The summed E-state index contributed by atoms with van der Waals surface area (Å²) >= 11 is 0. The van der Waals surface area contributed by atoms with Crippen LogP contribution in [0.15, 0.2) is 23.9 Å². The molecule has 6 heteroatoms. The number of allylic oxidation sites excluding steroid dienone is 1. The molecule has 0 fully saturated rings. The number of aromatic nitrogens is 1. The van der Waals surface area contributed by atoms with Crippen molar-refractivity contribution in [1.82, 2.24) is 4.98 Å². The number of nitro groups is 1. The second-order valence-corrected chi connectivity index (χ2v) is 3.59. The van der Waals surface area contributed by atoms with Crippen LogP contribution in [0.25, 0.3) is 0 Å². The second-order valence-electron chi connectivity index (χ2n) is 3.59. The fraction of sp³-hybridized carbons (Fsp3) is 0.273. The monoisotopic (exact) mass is 232 g/mol. The van der Waals surface area contributed by atoms with Gasteiger partial charge in [-0.25, -0.2) is 4.98 Å². The summed E-state index contributed by atoms with van der Waals surface area (Å²) in [6, 6.07) is 3.10. The topological polar surface area (TPSA) is 91.8 Å². The van der Waals surface area contributed by atoms with Gasteiger partial charge in [-0.2, -0.15) is 5.26 Å². The second kappa shape index (κ2) is 5.61. The largest absolute Gasteiger partial charge is 0.361 e. The molecular formula is C11H12N4O2.